The van der Waals surface area contributed by atoms with Gasteiger partial charge in [-0.3, -0.25) is 10.1 Å². The van der Waals surface area contributed by atoms with E-state index in [1.165, 1.54) is 0 Å². The first-order valence-corrected chi connectivity index (χ1v) is 5.84. The van der Waals surface area contributed by atoms with E-state index in [9.17, 15) is 4.79 Å². The minimum absolute atomic E-state index is 0.0419. The summed E-state index contributed by atoms with van der Waals surface area (Å²) < 4.78 is 0. The van der Waals surface area contributed by atoms with Gasteiger partial charge in [0.05, 0.1) is 31.9 Å². The van der Waals surface area contributed by atoms with Gasteiger partial charge in [0.1, 0.15) is 0 Å². The first-order valence-electron chi connectivity index (χ1n) is 5.84. The Morgan fingerprint density at radius 2 is 1.71 bits per heavy atom. The molecule has 0 aliphatic carbocycles. The molecule has 0 bridgehead atoms. The molecule has 0 spiro atoms. The van der Waals surface area contributed by atoms with Gasteiger partial charge in [-0.15, -0.1) is 0 Å². The number of aliphatic hydroxyl groups excluding tert-OH is 3. The molecule has 0 aromatic rings. The second-order valence-corrected chi connectivity index (χ2v) is 4.64. The Labute approximate surface area is 102 Å². The van der Waals surface area contributed by atoms with Crippen LogP contribution in [0.15, 0.2) is 0 Å². The van der Waals surface area contributed by atoms with E-state index in [0.29, 0.717) is 12.5 Å². The lowest BCUT2D eigenvalue weighted by atomic mass is 10.0. The third-order valence-corrected chi connectivity index (χ3v) is 2.58. The molecule has 0 atom stereocenters. The lowest BCUT2D eigenvalue weighted by molar-refractivity contribution is -0.121. The third-order valence-electron chi connectivity index (χ3n) is 2.58. The second kappa shape index (κ2) is 8.41. The Kier molecular flexibility index (Phi) is 8.07. The molecular weight excluding hydrogens is 224 g/mol. The Balaban J connectivity index is 3.89. The molecule has 0 aliphatic heterocycles. The van der Waals surface area contributed by atoms with Crippen LogP contribution in [0.3, 0.4) is 0 Å². The van der Waals surface area contributed by atoms with Gasteiger partial charge in [0, 0.05) is 6.54 Å². The highest BCUT2D eigenvalue weighted by Crippen LogP contribution is 2.00. The van der Waals surface area contributed by atoms with Crippen LogP contribution in [-0.4, -0.2) is 59.7 Å². The first-order chi connectivity index (χ1) is 7.99. The van der Waals surface area contributed by atoms with E-state index in [1.54, 1.807) is 0 Å². The fourth-order valence-corrected chi connectivity index (χ4v) is 1.15. The molecule has 0 aliphatic rings. The van der Waals surface area contributed by atoms with Gasteiger partial charge in [0.2, 0.25) is 5.91 Å². The monoisotopic (exact) mass is 248 g/mol. The first kappa shape index (κ1) is 16.3. The lowest BCUT2D eigenvalue weighted by Crippen LogP contribution is -2.57. The van der Waals surface area contributed by atoms with E-state index >= 15 is 0 Å². The van der Waals surface area contributed by atoms with Crippen molar-refractivity contribution in [1.82, 2.24) is 10.6 Å². The molecule has 0 radical (unpaired) electrons. The SMILES string of the molecule is CC(C)CCNC(=O)CNC(CO)(CO)CO. The number of hydrogen-bond donors (Lipinski definition) is 5. The summed E-state index contributed by atoms with van der Waals surface area (Å²) in [6, 6.07) is 0. The van der Waals surface area contributed by atoms with Crippen LogP contribution in [0.1, 0.15) is 20.3 Å². The average molecular weight is 248 g/mol. The van der Waals surface area contributed by atoms with Crippen LogP contribution in [0.25, 0.3) is 0 Å². The molecule has 0 fully saturated rings. The highest BCUT2D eigenvalue weighted by molar-refractivity contribution is 5.78. The molecule has 0 aromatic carbocycles. The predicted octanol–water partition coefficient (Wildman–Crippen LogP) is -1.55. The van der Waals surface area contributed by atoms with Crippen LogP contribution in [0.4, 0.5) is 0 Å². The Morgan fingerprint density at radius 3 is 2.12 bits per heavy atom. The summed E-state index contributed by atoms with van der Waals surface area (Å²) in [6.07, 6.45) is 0.900. The molecular formula is C11H24N2O4. The predicted molar refractivity (Wildman–Crippen MR) is 64.5 cm³/mol. The molecule has 5 N–H and O–H groups in total. The van der Waals surface area contributed by atoms with Crippen molar-refractivity contribution >= 4 is 5.91 Å². The highest BCUT2D eigenvalue weighted by atomic mass is 16.3. The number of nitrogens with one attached hydrogen (secondary N) is 2. The largest absolute Gasteiger partial charge is 0.394 e. The normalized spacial score (nSPS) is 11.9. The van der Waals surface area contributed by atoms with E-state index in [1.807, 2.05) is 0 Å². The standard InChI is InChI=1S/C11H24N2O4/c1-9(2)3-4-12-10(17)5-13-11(6-14,7-15)8-16/h9,13-16H,3-8H2,1-2H3,(H,12,17). The quantitative estimate of drug-likeness (QED) is 0.340. The number of amides is 1. The van der Waals surface area contributed by atoms with Gasteiger partial charge in [-0.05, 0) is 12.3 Å². The van der Waals surface area contributed by atoms with Crippen molar-refractivity contribution in [3.05, 3.63) is 0 Å². The number of aliphatic hydroxyl groups is 3. The van der Waals surface area contributed by atoms with Crippen LogP contribution < -0.4 is 10.6 Å². The molecule has 0 saturated heterocycles. The minimum atomic E-state index is -1.20. The molecule has 0 heterocycles. The molecule has 0 saturated carbocycles. The van der Waals surface area contributed by atoms with Crippen LogP contribution in [0, 0.1) is 5.92 Å². The van der Waals surface area contributed by atoms with Crippen molar-refractivity contribution in [3.8, 4) is 0 Å². The Hall–Kier alpha value is -0.690. The van der Waals surface area contributed by atoms with Crippen LogP contribution in [0.5, 0.6) is 0 Å². The fraction of sp³-hybridized carbons (Fsp3) is 0.909. The second-order valence-electron chi connectivity index (χ2n) is 4.64. The molecule has 6 nitrogen and oxygen atoms in total. The van der Waals surface area contributed by atoms with Gasteiger partial charge in [-0.1, -0.05) is 13.8 Å². The molecule has 1 amide bonds. The molecule has 0 aromatic heterocycles. The summed E-state index contributed by atoms with van der Waals surface area (Å²) in [5.41, 5.74) is -1.20. The van der Waals surface area contributed by atoms with Crippen LogP contribution >= 0.6 is 0 Å². The van der Waals surface area contributed by atoms with E-state index in [4.69, 9.17) is 15.3 Å². The summed E-state index contributed by atoms with van der Waals surface area (Å²) >= 11 is 0. The minimum Gasteiger partial charge on any atom is -0.394 e. The van der Waals surface area contributed by atoms with E-state index in [0.717, 1.165) is 6.42 Å². The van der Waals surface area contributed by atoms with Crippen LogP contribution in [-0.2, 0) is 4.79 Å². The summed E-state index contributed by atoms with van der Waals surface area (Å²) in [4.78, 5) is 11.4. The summed E-state index contributed by atoms with van der Waals surface area (Å²) in [6.45, 7) is 3.40. The van der Waals surface area contributed by atoms with E-state index < -0.39 is 25.4 Å². The van der Waals surface area contributed by atoms with E-state index in [2.05, 4.69) is 24.5 Å². The molecule has 0 rings (SSSR count). The topological polar surface area (TPSA) is 102 Å². The van der Waals surface area contributed by atoms with Gasteiger partial charge in [0.25, 0.3) is 0 Å². The van der Waals surface area contributed by atoms with Crippen molar-refractivity contribution in [1.29, 1.82) is 0 Å². The maximum absolute atomic E-state index is 11.4. The summed E-state index contributed by atoms with van der Waals surface area (Å²) in [5, 5.41) is 32.4. The van der Waals surface area contributed by atoms with Crippen molar-refractivity contribution < 1.29 is 20.1 Å². The summed E-state index contributed by atoms with van der Waals surface area (Å²) in [7, 11) is 0. The van der Waals surface area contributed by atoms with Gasteiger partial charge in [-0.25, -0.2) is 0 Å². The van der Waals surface area contributed by atoms with Crippen molar-refractivity contribution in [2.24, 2.45) is 5.92 Å². The molecule has 17 heavy (non-hydrogen) atoms. The lowest BCUT2D eigenvalue weighted by Gasteiger charge is -2.28. The number of carbonyl (C=O) groups is 1. The third kappa shape index (κ3) is 6.58. The number of rotatable bonds is 9. The fourth-order valence-electron chi connectivity index (χ4n) is 1.15. The summed E-state index contributed by atoms with van der Waals surface area (Å²) in [5.74, 6) is 0.306. The zero-order valence-corrected chi connectivity index (χ0v) is 10.6. The number of carbonyl (C=O) groups excluding carboxylic acids is 1. The average Bonchev–Trinajstić information content (AvgIpc) is 2.31. The Morgan fingerprint density at radius 1 is 1.18 bits per heavy atom. The zero-order valence-electron chi connectivity index (χ0n) is 10.6. The maximum atomic E-state index is 11.4. The smallest absolute Gasteiger partial charge is 0.233 e. The van der Waals surface area contributed by atoms with Gasteiger partial charge >= 0.3 is 0 Å². The maximum Gasteiger partial charge on any atom is 0.233 e. The zero-order chi connectivity index (χ0) is 13.3. The number of hydrogen-bond acceptors (Lipinski definition) is 5. The molecule has 102 valence electrons. The molecule has 0 unspecified atom stereocenters. The van der Waals surface area contributed by atoms with Crippen molar-refractivity contribution in [2.75, 3.05) is 32.9 Å². The molecule has 6 heteroatoms. The van der Waals surface area contributed by atoms with Crippen molar-refractivity contribution in [3.63, 3.8) is 0 Å². The van der Waals surface area contributed by atoms with Gasteiger partial charge in [0.15, 0.2) is 0 Å². The van der Waals surface area contributed by atoms with E-state index in [-0.39, 0.29) is 12.5 Å². The highest BCUT2D eigenvalue weighted by Gasteiger charge is 2.27. The van der Waals surface area contributed by atoms with Gasteiger partial charge in [-0.2, -0.15) is 0 Å². The van der Waals surface area contributed by atoms with Gasteiger partial charge < -0.3 is 20.6 Å². The van der Waals surface area contributed by atoms with Crippen LogP contribution in [0.2, 0.25) is 0 Å². The van der Waals surface area contributed by atoms with Crippen molar-refractivity contribution in [2.45, 2.75) is 25.8 Å². The Bertz CT molecular complexity index is 209.